The van der Waals surface area contributed by atoms with E-state index >= 15 is 0 Å². The third-order valence-corrected chi connectivity index (χ3v) is 5.13. The highest BCUT2D eigenvalue weighted by Gasteiger charge is 2.22. The zero-order valence-electron chi connectivity index (χ0n) is 11.6. The summed E-state index contributed by atoms with van der Waals surface area (Å²) in [6.07, 6.45) is 3.17. The van der Waals surface area contributed by atoms with Crippen LogP contribution in [-0.2, 0) is 16.6 Å². The largest absolute Gasteiger partial charge is 0.392 e. The number of nitrogens with zero attached hydrogens (tertiary/aromatic N) is 1. The van der Waals surface area contributed by atoms with Crippen LogP contribution in [0.2, 0.25) is 5.02 Å². The second kappa shape index (κ2) is 6.15. The number of aliphatic hydroxyl groups excluding tert-OH is 1. The first-order valence-electron chi connectivity index (χ1n) is 6.26. The maximum absolute atomic E-state index is 12.5. The number of benzene rings is 1. The van der Waals surface area contributed by atoms with Crippen molar-refractivity contribution in [3.8, 4) is 0 Å². The number of H-pyrrole nitrogens is 1. The summed E-state index contributed by atoms with van der Waals surface area (Å²) < 4.78 is 27.6. The van der Waals surface area contributed by atoms with Gasteiger partial charge in [0.2, 0.25) is 10.0 Å². The quantitative estimate of drug-likeness (QED) is 0.780. The zero-order chi connectivity index (χ0) is 15.6. The summed E-state index contributed by atoms with van der Waals surface area (Å²) >= 11 is 5.92. The molecule has 1 unspecified atom stereocenters. The molecule has 0 aliphatic carbocycles. The molecule has 1 heterocycles. The molecule has 0 bridgehead atoms. The van der Waals surface area contributed by atoms with Crippen molar-refractivity contribution in [1.82, 2.24) is 14.9 Å². The van der Waals surface area contributed by atoms with Gasteiger partial charge in [0.15, 0.2) is 0 Å². The fourth-order valence-electron chi connectivity index (χ4n) is 2.01. The second-order valence-electron chi connectivity index (χ2n) is 4.72. The van der Waals surface area contributed by atoms with E-state index < -0.39 is 16.1 Å². The Kier molecular flexibility index (Phi) is 4.67. The number of hydrogen-bond acceptors (Lipinski definition) is 4. The summed E-state index contributed by atoms with van der Waals surface area (Å²) in [5, 5.41) is 16.0. The maximum Gasteiger partial charge on any atom is 0.241 e. The molecule has 0 amide bonds. The van der Waals surface area contributed by atoms with Crippen LogP contribution in [-0.4, -0.2) is 23.7 Å². The Morgan fingerprint density at radius 1 is 1.48 bits per heavy atom. The van der Waals surface area contributed by atoms with Crippen LogP contribution in [0.25, 0.3) is 0 Å². The highest BCUT2D eigenvalue weighted by Crippen LogP contribution is 2.25. The molecule has 2 aromatic rings. The Hall–Kier alpha value is -1.41. The number of aliphatic hydroxyl groups is 1. The third-order valence-electron chi connectivity index (χ3n) is 3.24. The van der Waals surface area contributed by atoms with Crippen molar-refractivity contribution in [1.29, 1.82) is 0 Å². The molecule has 3 N–H and O–H groups in total. The van der Waals surface area contributed by atoms with Crippen molar-refractivity contribution in [2.75, 3.05) is 0 Å². The van der Waals surface area contributed by atoms with Gasteiger partial charge in [-0.1, -0.05) is 11.6 Å². The van der Waals surface area contributed by atoms with E-state index in [4.69, 9.17) is 11.6 Å². The lowest BCUT2D eigenvalue weighted by atomic mass is 10.1. The fourth-order valence-corrected chi connectivity index (χ4v) is 3.86. The molecule has 21 heavy (non-hydrogen) atoms. The van der Waals surface area contributed by atoms with Gasteiger partial charge in [-0.25, -0.2) is 13.1 Å². The molecule has 0 spiro atoms. The molecule has 1 atom stereocenters. The van der Waals surface area contributed by atoms with Crippen molar-refractivity contribution in [3.05, 3.63) is 46.2 Å². The average Bonchev–Trinajstić information content (AvgIpc) is 2.94. The Balaban J connectivity index is 2.38. The number of aromatic amines is 1. The van der Waals surface area contributed by atoms with E-state index in [1.165, 1.54) is 6.07 Å². The van der Waals surface area contributed by atoms with Crippen LogP contribution < -0.4 is 4.72 Å². The molecular formula is C13H16ClN3O3S. The van der Waals surface area contributed by atoms with Gasteiger partial charge >= 0.3 is 0 Å². The first-order valence-corrected chi connectivity index (χ1v) is 8.12. The molecule has 0 saturated heterocycles. The average molecular weight is 330 g/mol. The predicted octanol–water partition coefficient (Wildman–Crippen LogP) is 1.90. The van der Waals surface area contributed by atoms with Gasteiger partial charge in [-0.05, 0) is 37.1 Å². The Morgan fingerprint density at radius 3 is 2.76 bits per heavy atom. The Labute approximate surface area is 128 Å². The van der Waals surface area contributed by atoms with Gasteiger partial charge in [0, 0.05) is 22.8 Å². The van der Waals surface area contributed by atoms with Gasteiger partial charge in [-0.15, -0.1) is 0 Å². The summed E-state index contributed by atoms with van der Waals surface area (Å²) in [5.41, 5.74) is 1.69. The topological polar surface area (TPSA) is 95.1 Å². The van der Waals surface area contributed by atoms with E-state index in [-0.39, 0.29) is 16.5 Å². The molecule has 1 aromatic heterocycles. The number of sulfonamides is 1. The van der Waals surface area contributed by atoms with Crippen LogP contribution in [0.4, 0.5) is 0 Å². The number of hydrogen-bond donors (Lipinski definition) is 3. The fraction of sp³-hybridized carbons (Fsp3) is 0.308. The van der Waals surface area contributed by atoms with E-state index in [1.54, 1.807) is 32.3 Å². The first kappa shape index (κ1) is 16.0. The lowest BCUT2D eigenvalue weighted by Gasteiger charge is -2.16. The molecule has 0 fully saturated rings. The molecular weight excluding hydrogens is 314 g/mol. The lowest BCUT2D eigenvalue weighted by Crippen LogP contribution is -2.27. The van der Waals surface area contributed by atoms with Crippen molar-refractivity contribution >= 4 is 21.6 Å². The van der Waals surface area contributed by atoms with Crippen molar-refractivity contribution in [2.24, 2.45) is 0 Å². The number of aromatic nitrogens is 2. The van der Waals surface area contributed by atoms with E-state index in [0.29, 0.717) is 11.1 Å². The van der Waals surface area contributed by atoms with Gasteiger partial charge in [0.1, 0.15) is 0 Å². The standard InChI is InChI=1S/C13H16ClN3O3S/c1-8-10(7-18)3-12(14)4-13(8)21(19,20)17-9(2)11-5-15-16-6-11/h3-6,9,17-18H,7H2,1-2H3,(H,15,16). The monoisotopic (exact) mass is 329 g/mol. The van der Waals surface area contributed by atoms with Gasteiger partial charge in [0.25, 0.3) is 0 Å². The molecule has 6 nitrogen and oxygen atoms in total. The molecule has 0 saturated carbocycles. The lowest BCUT2D eigenvalue weighted by molar-refractivity contribution is 0.280. The SMILES string of the molecule is Cc1c(CO)cc(Cl)cc1S(=O)(=O)NC(C)c1cn[nH]c1. The predicted molar refractivity (Wildman–Crippen MR) is 79.4 cm³/mol. The third kappa shape index (κ3) is 3.44. The van der Waals surface area contributed by atoms with Crippen LogP contribution >= 0.6 is 11.6 Å². The molecule has 2 rings (SSSR count). The number of nitrogens with one attached hydrogen (secondary N) is 2. The van der Waals surface area contributed by atoms with E-state index in [1.807, 2.05) is 0 Å². The maximum atomic E-state index is 12.5. The Morgan fingerprint density at radius 2 is 2.19 bits per heavy atom. The zero-order valence-corrected chi connectivity index (χ0v) is 13.2. The Bertz CT molecular complexity index is 729. The molecule has 0 aliphatic rings. The minimum Gasteiger partial charge on any atom is -0.392 e. The van der Waals surface area contributed by atoms with Gasteiger partial charge in [-0.3, -0.25) is 5.10 Å². The van der Waals surface area contributed by atoms with Gasteiger partial charge < -0.3 is 5.11 Å². The minimum absolute atomic E-state index is 0.0643. The summed E-state index contributed by atoms with van der Waals surface area (Å²) in [6.45, 7) is 3.08. The number of rotatable bonds is 5. The molecule has 114 valence electrons. The van der Waals surface area contributed by atoms with Crippen molar-refractivity contribution < 1.29 is 13.5 Å². The molecule has 0 aliphatic heterocycles. The van der Waals surface area contributed by atoms with E-state index in [2.05, 4.69) is 14.9 Å². The highest BCUT2D eigenvalue weighted by molar-refractivity contribution is 7.89. The van der Waals surface area contributed by atoms with Crippen LogP contribution in [0.15, 0.2) is 29.4 Å². The van der Waals surface area contributed by atoms with Crippen molar-refractivity contribution in [3.63, 3.8) is 0 Å². The summed E-state index contributed by atoms with van der Waals surface area (Å²) in [7, 11) is -3.76. The van der Waals surface area contributed by atoms with Crippen LogP contribution in [0.5, 0.6) is 0 Å². The van der Waals surface area contributed by atoms with Gasteiger partial charge in [-0.2, -0.15) is 5.10 Å². The smallest absolute Gasteiger partial charge is 0.241 e. The first-order chi connectivity index (χ1) is 9.85. The summed E-state index contributed by atoms with van der Waals surface area (Å²) in [4.78, 5) is 0.0643. The van der Waals surface area contributed by atoms with E-state index in [0.717, 1.165) is 5.56 Å². The van der Waals surface area contributed by atoms with Crippen LogP contribution in [0.3, 0.4) is 0 Å². The minimum atomic E-state index is -3.76. The summed E-state index contributed by atoms with van der Waals surface area (Å²) in [5.74, 6) is 0. The normalized spacial score (nSPS) is 13.3. The van der Waals surface area contributed by atoms with Crippen LogP contribution in [0.1, 0.15) is 29.7 Å². The van der Waals surface area contributed by atoms with E-state index in [9.17, 15) is 13.5 Å². The van der Waals surface area contributed by atoms with Crippen molar-refractivity contribution in [2.45, 2.75) is 31.4 Å². The van der Waals surface area contributed by atoms with Crippen LogP contribution in [0, 0.1) is 6.92 Å². The number of halogens is 1. The molecule has 8 heteroatoms. The molecule has 1 aromatic carbocycles. The molecule has 0 radical (unpaired) electrons. The summed E-state index contributed by atoms with van der Waals surface area (Å²) in [6, 6.07) is 2.49. The highest BCUT2D eigenvalue weighted by atomic mass is 35.5. The second-order valence-corrected chi connectivity index (χ2v) is 6.84. The van der Waals surface area contributed by atoms with Gasteiger partial charge in [0.05, 0.1) is 17.7 Å².